The van der Waals surface area contributed by atoms with Gasteiger partial charge in [0.15, 0.2) is 5.82 Å². The molecule has 0 aliphatic carbocycles. The van der Waals surface area contributed by atoms with Gasteiger partial charge in [-0.2, -0.15) is 5.10 Å². The average Bonchev–Trinajstić information content (AvgIpc) is 3.64. The van der Waals surface area contributed by atoms with Crippen molar-refractivity contribution in [2.45, 2.75) is 18.9 Å². The van der Waals surface area contributed by atoms with Crippen LogP contribution in [0.4, 0.5) is 13.2 Å². The third kappa shape index (κ3) is 4.32. The molecule has 7 nitrogen and oxygen atoms in total. The first kappa shape index (κ1) is 23.5. The van der Waals surface area contributed by atoms with Crippen LogP contribution < -0.4 is 0 Å². The third-order valence-corrected chi connectivity index (χ3v) is 7.09. The fourth-order valence-electron chi connectivity index (χ4n) is 5.21. The maximum absolute atomic E-state index is 14.6. The van der Waals surface area contributed by atoms with Crippen LogP contribution in [0, 0.1) is 5.82 Å². The number of likely N-dealkylation sites (tertiary alicyclic amines) is 1. The molecule has 1 fully saturated rings. The molecule has 10 heteroatoms. The number of aromatic nitrogens is 6. The normalized spacial score (nSPS) is 15.5. The molecule has 1 aliphatic heterocycles. The zero-order chi connectivity index (χ0) is 26.6. The van der Waals surface area contributed by atoms with Crippen molar-refractivity contribution in [2.24, 2.45) is 0 Å². The van der Waals surface area contributed by atoms with Gasteiger partial charge >= 0.3 is 0 Å². The number of imidazole rings is 1. The number of alkyl halides is 2. The summed E-state index contributed by atoms with van der Waals surface area (Å²) < 4.78 is 41.8. The van der Waals surface area contributed by atoms with E-state index in [-0.39, 0.29) is 18.8 Å². The molecule has 4 aromatic heterocycles. The smallest absolute Gasteiger partial charge is 0.261 e. The Bertz CT molecular complexity index is 1840. The largest absolute Gasteiger partial charge is 0.337 e. The molecule has 1 saturated heterocycles. The molecule has 5 heterocycles. The van der Waals surface area contributed by atoms with Crippen molar-refractivity contribution in [2.75, 3.05) is 13.1 Å². The van der Waals surface area contributed by atoms with Gasteiger partial charge in [-0.3, -0.25) is 20.0 Å². The molecule has 194 valence electrons. The lowest BCUT2D eigenvalue weighted by Crippen LogP contribution is -2.24. The zero-order valence-electron chi connectivity index (χ0n) is 20.6. The fraction of sp³-hybridized carbons (Fsp3) is 0.172. The van der Waals surface area contributed by atoms with Gasteiger partial charge in [-0.1, -0.05) is 30.3 Å². The molecular formula is C29H22F3N7. The number of rotatable bonds is 5. The zero-order valence-corrected chi connectivity index (χ0v) is 20.6. The summed E-state index contributed by atoms with van der Waals surface area (Å²) in [7, 11) is 0. The van der Waals surface area contributed by atoms with E-state index in [4.69, 9.17) is 4.98 Å². The van der Waals surface area contributed by atoms with E-state index in [0.29, 0.717) is 46.9 Å². The minimum atomic E-state index is -2.64. The number of nitrogens with zero attached hydrogens (tertiary/aromatic N) is 5. The second-order valence-electron chi connectivity index (χ2n) is 9.85. The topological polar surface area (TPSA) is 86.4 Å². The number of hydrogen-bond acceptors (Lipinski definition) is 5. The second-order valence-corrected chi connectivity index (χ2v) is 9.85. The first-order valence-electron chi connectivity index (χ1n) is 12.6. The van der Waals surface area contributed by atoms with Gasteiger partial charge < -0.3 is 4.98 Å². The minimum Gasteiger partial charge on any atom is -0.337 e. The van der Waals surface area contributed by atoms with Crippen LogP contribution in [0.25, 0.3) is 55.8 Å². The van der Waals surface area contributed by atoms with E-state index in [9.17, 15) is 13.2 Å². The molecule has 1 aliphatic rings. The van der Waals surface area contributed by atoms with Gasteiger partial charge in [0.25, 0.3) is 5.92 Å². The van der Waals surface area contributed by atoms with E-state index in [0.717, 1.165) is 27.5 Å². The Hall–Kier alpha value is -4.57. The first-order valence-corrected chi connectivity index (χ1v) is 12.6. The lowest BCUT2D eigenvalue weighted by Gasteiger charge is -2.15. The molecule has 0 bridgehead atoms. The molecule has 0 radical (unpaired) electrons. The van der Waals surface area contributed by atoms with Crippen LogP contribution in [0.2, 0.25) is 0 Å². The van der Waals surface area contributed by atoms with Crippen molar-refractivity contribution in [3.63, 3.8) is 0 Å². The van der Waals surface area contributed by atoms with Gasteiger partial charge in [-0.15, -0.1) is 0 Å². The van der Waals surface area contributed by atoms with Crippen molar-refractivity contribution in [3.05, 3.63) is 84.6 Å². The Balaban J connectivity index is 1.25. The van der Waals surface area contributed by atoms with Crippen LogP contribution >= 0.6 is 0 Å². The van der Waals surface area contributed by atoms with Crippen molar-refractivity contribution in [1.29, 1.82) is 0 Å². The lowest BCUT2D eigenvalue weighted by molar-refractivity contribution is 0.0115. The molecule has 39 heavy (non-hydrogen) atoms. The van der Waals surface area contributed by atoms with Crippen molar-refractivity contribution in [3.8, 4) is 33.9 Å². The average molecular weight is 526 g/mol. The summed E-state index contributed by atoms with van der Waals surface area (Å²) in [6.07, 6.45) is 4.98. The number of halogens is 3. The fourth-order valence-corrected chi connectivity index (χ4v) is 5.21. The van der Waals surface area contributed by atoms with Crippen LogP contribution in [0.1, 0.15) is 12.0 Å². The van der Waals surface area contributed by atoms with Crippen LogP contribution in [0.3, 0.4) is 0 Å². The van der Waals surface area contributed by atoms with Crippen molar-refractivity contribution < 1.29 is 13.2 Å². The Morgan fingerprint density at radius 1 is 0.949 bits per heavy atom. The van der Waals surface area contributed by atoms with E-state index in [1.165, 1.54) is 6.07 Å². The number of fused-ring (bicyclic) bond motifs is 2. The summed E-state index contributed by atoms with van der Waals surface area (Å²) in [4.78, 5) is 18.8. The van der Waals surface area contributed by atoms with Crippen LogP contribution in [0.15, 0.2) is 73.2 Å². The van der Waals surface area contributed by atoms with E-state index in [2.05, 4.69) is 25.1 Å². The molecule has 0 saturated carbocycles. The number of pyridine rings is 2. The van der Waals surface area contributed by atoms with Crippen LogP contribution in [0.5, 0.6) is 0 Å². The quantitative estimate of drug-likeness (QED) is 0.280. The van der Waals surface area contributed by atoms with Crippen LogP contribution in [-0.4, -0.2) is 54.0 Å². The highest BCUT2D eigenvalue weighted by molar-refractivity contribution is 5.97. The SMILES string of the molecule is Fc1ccccc1-c1cccc2[nH]c(-c3n[nH]c4cnc(-c5cncc(CN6CCC(F)(F)C6)c5)cc34)nc12. The van der Waals surface area contributed by atoms with Crippen molar-refractivity contribution in [1.82, 2.24) is 35.0 Å². The van der Waals surface area contributed by atoms with Gasteiger partial charge in [-0.05, 0) is 29.8 Å². The number of benzene rings is 2. The summed E-state index contributed by atoms with van der Waals surface area (Å²) in [6, 6.07) is 16.1. The summed E-state index contributed by atoms with van der Waals surface area (Å²) in [5.74, 6) is -2.41. The van der Waals surface area contributed by atoms with Crippen molar-refractivity contribution >= 4 is 21.9 Å². The Morgan fingerprint density at radius 3 is 2.67 bits per heavy atom. The Kier molecular flexibility index (Phi) is 5.44. The number of para-hydroxylation sites is 1. The highest BCUT2D eigenvalue weighted by atomic mass is 19.3. The Labute approximate surface area is 220 Å². The predicted octanol–water partition coefficient (Wildman–Crippen LogP) is 6.21. The molecular weight excluding hydrogens is 503 g/mol. The Morgan fingerprint density at radius 2 is 1.82 bits per heavy atom. The molecule has 6 aromatic rings. The molecule has 0 amide bonds. The van der Waals surface area contributed by atoms with Gasteiger partial charge in [0.05, 0.1) is 35.0 Å². The molecule has 7 rings (SSSR count). The number of aromatic amines is 2. The van der Waals surface area contributed by atoms with Gasteiger partial charge in [0.1, 0.15) is 11.5 Å². The first-order chi connectivity index (χ1) is 18.9. The van der Waals surface area contributed by atoms with Gasteiger partial charge in [0, 0.05) is 54.0 Å². The maximum atomic E-state index is 14.6. The molecule has 2 aromatic carbocycles. The molecule has 0 unspecified atom stereocenters. The highest BCUT2D eigenvalue weighted by Crippen LogP contribution is 2.34. The van der Waals surface area contributed by atoms with E-state index in [1.807, 2.05) is 30.3 Å². The summed E-state index contributed by atoms with van der Waals surface area (Å²) in [6.45, 7) is 0.519. The summed E-state index contributed by atoms with van der Waals surface area (Å²) in [5, 5.41) is 8.30. The monoisotopic (exact) mass is 525 g/mol. The number of hydrogen-bond donors (Lipinski definition) is 2. The van der Waals surface area contributed by atoms with E-state index >= 15 is 0 Å². The van der Waals surface area contributed by atoms with Crippen LogP contribution in [-0.2, 0) is 6.54 Å². The molecule has 2 N–H and O–H groups in total. The minimum absolute atomic E-state index is 0.120. The second kappa shape index (κ2) is 9.02. The summed E-state index contributed by atoms with van der Waals surface area (Å²) >= 11 is 0. The lowest BCUT2D eigenvalue weighted by atomic mass is 10.0. The highest BCUT2D eigenvalue weighted by Gasteiger charge is 2.37. The maximum Gasteiger partial charge on any atom is 0.261 e. The van der Waals surface area contributed by atoms with E-state index < -0.39 is 5.92 Å². The van der Waals surface area contributed by atoms with Gasteiger partial charge in [-0.25, -0.2) is 18.2 Å². The third-order valence-electron chi connectivity index (χ3n) is 7.09. The number of nitrogens with one attached hydrogen (secondary N) is 2. The van der Waals surface area contributed by atoms with E-state index in [1.54, 1.807) is 41.7 Å². The molecule has 0 atom stereocenters. The number of H-pyrrole nitrogens is 2. The van der Waals surface area contributed by atoms with Gasteiger partial charge in [0.2, 0.25) is 0 Å². The summed E-state index contributed by atoms with van der Waals surface area (Å²) in [5.41, 5.74) is 6.21. The molecule has 0 spiro atoms. The predicted molar refractivity (Wildman–Crippen MR) is 142 cm³/mol. The standard InChI is InChI=1S/C29H22F3N7/c30-22-6-2-1-4-19(22)20-5-3-7-23-26(20)36-28(35-23)27-21-11-24(34-14-25(21)37-38-27)18-10-17(12-33-13-18)15-39-9-8-29(31,32)16-39/h1-7,10-14H,8-9,15-16H2,(H,35,36)(H,37,38).